The summed E-state index contributed by atoms with van der Waals surface area (Å²) in [6.07, 6.45) is 0. The molecule has 78 valence electrons. The predicted octanol–water partition coefficient (Wildman–Crippen LogP) is 1.85. The van der Waals surface area contributed by atoms with Crippen molar-refractivity contribution in [2.75, 3.05) is 0 Å². The van der Waals surface area contributed by atoms with Gasteiger partial charge < -0.3 is 19.7 Å². The summed E-state index contributed by atoms with van der Waals surface area (Å²) >= 11 is 0. The van der Waals surface area contributed by atoms with Crippen LogP contribution in [0.2, 0.25) is 0 Å². The molecular weight excluding hydrogens is 196 g/mol. The number of furan rings is 1. The molecule has 1 aromatic heterocycles. The van der Waals surface area contributed by atoms with E-state index in [1.165, 1.54) is 0 Å². The first-order valence-corrected chi connectivity index (χ1v) is 4.44. The van der Waals surface area contributed by atoms with E-state index in [2.05, 4.69) is 0 Å². The van der Waals surface area contributed by atoms with Gasteiger partial charge in [0.1, 0.15) is 6.61 Å². The minimum absolute atomic E-state index is 0.0358. The number of rotatable bonds is 2. The zero-order valence-corrected chi connectivity index (χ0v) is 7.84. The van der Waals surface area contributed by atoms with Crippen LogP contribution in [0.15, 0.2) is 34.7 Å². The Labute approximate surface area is 86.0 Å². The normalized spacial score (nSPS) is 10.5. The lowest BCUT2D eigenvalue weighted by Gasteiger charge is -1.95. The summed E-state index contributed by atoms with van der Waals surface area (Å²) in [6.45, 7) is -0.452. The number of hydrogen-bond donors (Lipinski definition) is 3. The zero-order chi connectivity index (χ0) is 10.8. The van der Waals surface area contributed by atoms with E-state index in [1.807, 2.05) is 6.07 Å². The number of aliphatic hydroxyl groups is 1. The number of hydrogen-bond acceptors (Lipinski definition) is 4. The molecule has 0 aliphatic rings. The summed E-state index contributed by atoms with van der Waals surface area (Å²) in [5.41, 5.74) is 0.644. The van der Waals surface area contributed by atoms with E-state index in [-0.39, 0.29) is 17.3 Å². The fourth-order valence-electron chi connectivity index (χ4n) is 1.35. The molecule has 0 bridgehead atoms. The van der Waals surface area contributed by atoms with Crippen molar-refractivity contribution in [3.05, 3.63) is 36.1 Å². The van der Waals surface area contributed by atoms with Crippen LogP contribution in [0.4, 0.5) is 0 Å². The molecule has 0 aliphatic carbocycles. The van der Waals surface area contributed by atoms with Gasteiger partial charge in [0, 0.05) is 5.56 Å². The van der Waals surface area contributed by atoms with Gasteiger partial charge >= 0.3 is 0 Å². The highest BCUT2D eigenvalue weighted by Gasteiger charge is 2.19. The Bertz CT molecular complexity index is 459. The molecular formula is C11H10O4. The molecule has 2 rings (SSSR count). The lowest BCUT2D eigenvalue weighted by Crippen LogP contribution is -1.76. The Balaban J connectivity index is 2.55. The van der Waals surface area contributed by atoms with E-state index >= 15 is 0 Å². The van der Waals surface area contributed by atoms with Crippen LogP contribution < -0.4 is 0 Å². The van der Waals surface area contributed by atoms with Crippen LogP contribution in [0.25, 0.3) is 11.3 Å². The zero-order valence-electron chi connectivity index (χ0n) is 7.84. The van der Waals surface area contributed by atoms with Crippen molar-refractivity contribution in [2.45, 2.75) is 6.61 Å². The van der Waals surface area contributed by atoms with Crippen LogP contribution in [0.5, 0.6) is 11.5 Å². The molecule has 2 aromatic rings. The summed E-state index contributed by atoms with van der Waals surface area (Å²) < 4.78 is 5.13. The molecule has 0 atom stereocenters. The monoisotopic (exact) mass is 206 g/mol. The summed E-state index contributed by atoms with van der Waals surface area (Å²) in [6, 6.07) is 8.87. The summed E-state index contributed by atoms with van der Waals surface area (Å²) in [5, 5.41) is 27.8. The van der Waals surface area contributed by atoms with Gasteiger partial charge in [-0.25, -0.2) is 0 Å². The van der Waals surface area contributed by atoms with Crippen LogP contribution in [-0.2, 0) is 6.61 Å². The molecule has 1 heterocycles. The number of benzene rings is 1. The van der Waals surface area contributed by atoms with Crippen LogP contribution in [0.3, 0.4) is 0 Å². The predicted molar refractivity (Wildman–Crippen MR) is 53.4 cm³/mol. The standard InChI is InChI=1S/C11H10O4/c12-6-8-9(13)10(14)11(15-8)7-4-2-1-3-5-7/h1-5,12-14H,6H2. The Morgan fingerprint density at radius 1 is 1.00 bits per heavy atom. The van der Waals surface area contributed by atoms with Crippen LogP contribution >= 0.6 is 0 Å². The molecule has 0 amide bonds. The Kier molecular flexibility index (Phi) is 2.35. The van der Waals surface area contributed by atoms with E-state index in [1.54, 1.807) is 24.3 Å². The number of aromatic hydroxyl groups is 2. The van der Waals surface area contributed by atoms with Crippen molar-refractivity contribution >= 4 is 0 Å². The van der Waals surface area contributed by atoms with Crippen molar-refractivity contribution in [3.8, 4) is 22.8 Å². The van der Waals surface area contributed by atoms with E-state index in [4.69, 9.17) is 9.52 Å². The van der Waals surface area contributed by atoms with Gasteiger partial charge in [0.05, 0.1) is 0 Å². The third-order valence-electron chi connectivity index (χ3n) is 2.11. The topological polar surface area (TPSA) is 73.8 Å². The summed E-state index contributed by atoms with van der Waals surface area (Å²) in [7, 11) is 0. The smallest absolute Gasteiger partial charge is 0.205 e. The molecule has 4 nitrogen and oxygen atoms in total. The Hall–Kier alpha value is -1.94. The Morgan fingerprint density at radius 3 is 2.20 bits per heavy atom. The first kappa shape index (κ1) is 9.61. The second-order valence-electron chi connectivity index (χ2n) is 3.08. The van der Waals surface area contributed by atoms with Crippen molar-refractivity contribution in [1.82, 2.24) is 0 Å². The molecule has 0 spiro atoms. The minimum Gasteiger partial charge on any atom is -0.502 e. The number of aliphatic hydroxyl groups excluding tert-OH is 1. The fraction of sp³-hybridized carbons (Fsp3) is 0.0909. The highest BCUT2D eigenvalue weighted by molar-refractivity contribution is 5.68. The maximum absolute atomic E-state index is 9.55. The minimum atomic E-state index is -0.452. The summed E-state index contributed by atoms with van der Waals surface area (Å²) in [4.78, 5) is 0. The van der Waals surface area contributed by atoms with Gasteiger partial charge in [0.25, 0.3) is 0 Å². The summed E-state index contributed by atoms with van der Waals surface area (Å²) in [5.74, 6) is -0.620. The third-order valence-corrected chi connectivity index (χ3v) is 2.11. The van der Waals surface area contributed by atoms with E-state index < -0.39 is 12.4 Å². The second-order valence-corrected chi connectivity index (χ2v) is 3.08. The molecule has 0 radical (unpaired) electrons. The molecule has 3 N–H and O–H groups in total. The Morgan fingerprint density at radius 2 is 1.67 bits per heavy atom. The molecule has 0 unspecified atom stereocenters. The molecule has 4 heteroatoms. The molecule has 0 aliphatic heterocycles. The molecule has 1 aromatic carbocycles. The van der Waals surface area contributed by atoms with Gasteiger partial charge in [-0.2, -0.15) is 0 Å². The van der Waals surface area contributed by atoms with Crippen molar-refractivity contribution < 1.29 is 19.7 Å². The maximum atomic E-state index is 9.55. The SMILES string of the molecule is OCc1oc(-c2ccccc2)c(O)c1O. The molecule has 15 heavy (non-hydrogen) atoms. The van der Waals surface area contributed by atoms with Crippen LogP contribution in [0.1, 0.15) is 5.76 Å². The second kappa shape index (κ2) is 3.67. The van der Waals surface area contributed by atoms with Gasteiger partial charge in [-0.1, -0.05) is 30.3 Å². The molecule has 0 saturated carbocycles. The van der Waals surface area contributed by atoms with Crippen LogP contribution in [0, 0.1) is 0 Å². The highest BCUT2D eigenvalue weighted by atomic mass is 16.4. The fourth-order valence-corrected chi connectivity index (χ4v) is 1.35. The average molecular weight is 206 g/mol. The van der Waals surface area contributed by atoms with E-state index in [0.29, 0.717) is 5.56 Å². The lowest BCUT2D eigenvalue weighted by atomic mass is 10.1. The van der Waals surface area contributed by atoms with Crippen molar-refractivity contribution in [2.24, 2.45) is 0 Å². The van der Waals surface area contributed by atoms with Gasteiger partial charge in [-0.3, -0.25) is 0 Å². The quantitative estimate of drug-likeness (QED) is 0.701. The highest BCUT2D eigenvalue weighted by Crippen LogP contribution is 2.41. The third kappa shape index (κ3) is 1.55. The average Bonchev–Trinajstić information content (AvgIpc) is 2.57. The van der Waals surface area contributed by atoms with Crippen LogP contribution in [-0.4, -0.2) is 15.3 Å². The van der Waals surface area contributed by atoms with Gasteiger partial charge in [0.15, 0.2) is 11.5 Å². The molecule has 0 saturated heterocycles. The van der Waals surface area contributed by atoms with E-state index in [9.17, 15) is 10.2 Å². The largest absolute Gasteiger partial charge is 0.502 e. The molecule has 0 fully saturated rings. The van der Waals surface area contributed by atoms with Crippen molar-refractivity contribution in [3.63, 3.8) is 0 Å². The first-order chi connectivity index (χ1) is 7.24. The van der Waals surface area contributed by atoms with E-state index in [0.717, 1.165) is 0 Å². The van der Waals surface area contributed by atoms with Gasteiger partial charge in [-0.15, -0.1) is 0 Å². The maximum Gasteiger partial charge on any atom is 0.205 e. The van der Waals surface area contributed by atoms with Crippen molar-refractivity contribution in [1.29, 1.82) is 0 Å². The van der Waals surface area contributed by atoms with Gasteiger partial charge in [-0.05, 0) is 0 Å². The first-order valence-electron chi connectivity index (χ1n) is 4.44. The van der Waals surface area contributed by atoms with Gasteiger partial charge in [0.2, 0.25) is 11.5 Å². The lowest BCUT2D eigenvalue weighted by molar-refractivity contribution is 0.240.